The second-order valence-electron chi connectivity index (χ2n) is 4.53. The van der Waals surface area contributed by atoms with Gasteiger partial charge >= 0.3 is 0 Å². The van der Waals surface area contributed by atoms with Crippen molar-refractivity contribution in [1.29, 1.82) is 0 Å². The molecule has 0 heterocycles. The summed E-state index contributed by atoms with van der Waals surface area (Å²) in [6, 6.07) is 4.13. The highest BCUT2D eigenvalue weighted by atomic mass is 35.5. The fourth-order valence-corrected chi connectivity index (χ4v) is 2.41. The van der Waals surface area contributed by atoms with Crippen molar-refractivity contribution in [2.75, 3.05) is 7.11 Å². The Balaban J connectivity index is 2.55. The molecule has 0 amide bonds. The minimum absolute atomic E-state index is 0.269. The SMILES string of the molecule is COc1cc2c(cc1Cl)C(C)(C)CC2. The minimum Gasteiger partial charge on any atom is -0.495 e. The molecule has 2 heteroatoms. The Bertz CT molecular complexity index is 369. The van der Waals surface area contributed by atoms with Crippen molar-refractivity contribution in [3.8, 4) is 5.75 Å². The predicted molar refractivity (Wildman–Crippen MR) is 59.4 cm³/mol. The summed E-state index contributed by atoms with van der Waals surface area (Å²) in [5.41, 5.74) is 3.03. The van der Waals surface area contributed by atoms with Crippen LogP contribution in [0.2, 0.25) is 5.02 Å². The van der Waals surface area contributed by atoms with Crippen LogP contribution in [0.1, 0.15) is 31.4 Å². The third kappa shape index (κ3) is 1.40. The van der Waals surface area contributed by atoms with Crippen molar-refractivity contribution in [2.24, 2.45) is 0 Å². The van der Waals surface area contributed by atoms with Crippen molar-refractivity contribution in [2.45, 2.75) is 32.1 Å². The van der Waals surface area contributed by atoms with Crippen molar-refractivity contribution in [3.63, 3.8) is 0 Å². The molecule has 0 radical (unpaired) electrons. The average Bonchev–Trinajstić information content (AvgIpc) is 2.42. The van der Waals surface area contributed by atoms with Crippen LogP contribution in [0.5, 0.6) is 5.75 Å². The summed E-state index contributed by atoms with van der Waals surface area (Å²) < 4.78 is 5.21. The Morgan fingerprint density at radius 2 is 2.07 bits per heavy atom. The van der Waals surface area contributed by atoms with Crippen LogP contribution in [0.3, 0.4) is 0 Å². The van der Waals surface area contributed by atoms with E-state index in [-0.39, 0.29) is 5.41 Å². The van der Waals surface area contributed by atoms with Gasteiger partial charge in [0, 0.05) is 0 Å². The third-order valence-corrected chi connectivity index (χ3v) is 3.42. The second kappa shape index (κ2) is 3.16. The molecular weight excluding hydrogens is 196 g/mol. The number of hydrogen-bond donors (Lipinski definition) is 0. The lowest BCUT2D eigenvalue weighted by molar-refractivity contribution is 0.414. The standard InChI is InChI=1S/C12H15ClO/c1-12(2)5-4-8-6-11(14-3)10(13)7-9(8)12/h6-7H,4-5H2,1-3H3. The maximum Gasteiger partial charge on any atom is 0.137 e. The molecule has 0 N–H and O–H groups in total. The maximum atomic E-state index is 6.11. The van der Waals surface area contributed by atoms with Gasteiger partial charge in [0.05, 0.1) is 12.1 Å². The Kier molecular flexibility index (Phi) is 2.23. The molecule has 1 aromatic rings. The van der Waals surface area contributed by atoms with E-state index in [0.29, 0.717) is 0 Å². The van der Waals surface area contributed by atoms with E-state index < -0.39 is 0 Å². The van der Waals surface area contributed by atoms with Crippen LogP contribution in [-0.2, 0) is 11.8 Å². The van der Waals surface area contributed by atoms with Gasteiger partial charge < -0.3 is 4.74 Å². The fraction of sp³-hybridized carbons (Fsp3) is 0.500. The van der Waals surface area contributed by atoms with E-state index >= 15 is 0 Å². The molecule has 0 aliphatic heterocycles. The van der Waals surface area contributed by atoms with Gasteiger partial charge in [0.2, 0.25) is 0 Å². The van der Waals surface area contributed by atoms with Crippen LogP contribution in [0.15, 0.2) is 12.1 Å². The molecular formula is C12H15ClO. The van der Waals surface area contributed by atoms with Crippen LogP contribution in [0.25, 0.3) is 0 Å². The van der Waals surface area contributed by atoms with E-state index in [1.54, 1.807) is 7.11 Å². The van der Waals surface area contributed by atoms with Gasteiger partial charge in [-0.25, -0.2) is 0 Å². The molecule has 0 atom stereocenters. The van der Waals surface area contributed by atoms with E-state index in [4.69, 9.17) is 16.3 Å². The van der Waals surface area contributed by atoms with Gasteiger partial charge in [-0.15, -0.1) is 0 Å². The smallest absolute Gasteiger partial charge is 0.137 e. The monoisotopic (exact) mass is 210 g/mol. The zero-order chi connectivity index (χ0) is 10.3. The fourth-order valence-electron chi connectivity index (χ4n) is 2.17. The molecule has 1 aliphatic rings. The first-order valence-electron chi connectivity index (χ1n) is 4.91. The number of aryl methyl sites for hydroxylation is 1. The van der Waals surface area contributed by atoms with Crippen molar-refractivity contribution >= 4 is 11.6 Å². The van der Waals surface area contributed by atoms with Crippen molar-refractivity contribution in [1.82, 2.24) is 0 Å². The summed E-state index contributed by atoms with van der Waals surface area (Å²) in [6.07, 6.45) is 2.34. The summed E-state index contributed by atoms with van der Waals surface area (Å²) in [7, 11) is 1.66. The number of ether oxygens (including phenoxy) is 1. The Morgan fingerprint density at radius 3 is 2.71 bits per heavy atom. The molecule has 1 aromatic carbocycles. The number of fused-ring (bicyclic) bond motifs is 1. The van der Waals surface area contributed by atoms with Gasteiger partial charge in [-0.1, -0.05) is 25.4 Å². The summed E-state index contributed by atoms with van der Waals surface area (Å²) >= 11 is 6.11. The Morgan fingerprint density at radius 1 is 1.36 bits per heavy atom. The number of rotatable bonds is 1. The molecule has 0 aromatic heterocycles. The highest BCUT2D eigenvalue weighted by Gasteiger charge is 2.30. The number of halogens is 1. The Hall–Kier alpha value is -0.690. The van der Waals surface area contributed by atoms with Crippen LogP contribution in [0.4, 0.5) is 0 Å². The minimum atomic E-state index is 0.269. The van der Waals surface area contributed by atoms with E-state index in [0.717, 1.165) is 17.2 Å². The van der Waals surface area contributed by atoms with Crippen molar-refractivity contribution in [3.05, 3.63) is 28.3 Å². The van der Waals surface area contributed by atoms with Gasteiger partial charge in [-0.3, -0.25) is 0 Å². The first-order chi connectivity index (χ1) is 6.54. The molecule has 0 fully saturated rings. The van der Waals surface area contributed by atoms with Crippen molar-refractivity contribution < 1.29 is 4.74 Å². The topological polar surface area (TPSA) is 9.23 Å². The van der Waals surface area contributed by atoms with Crippen LogP contribution in [-0.4, -0.2) is 7.11 Å². The van der Waals surface area contributed by atoms with Crippen LogP contribution in [0, 0.1) is 0 Å². The molecule has 0 saturated carbocycles. The highest BCUT2D eigenvalue weighted by Crippen LogP contribution is 2.42. The Labute approximate surface area is 90.0 Å². The maximum absolute atomic E-state index is 6.11. The lowest BCUT2D eigenvalue weighted by Gasteiger charge is -2.19. The zero-order valence-electron chi connectivity index (χ0n) is 8.86. The quantitative estimate of drug-likeness (QED) is 0.689. The molecule has 1 aliphatic carbocycles. The van der Waals surface area contributed by atoms with E-state index in [1.165, 1.54) is 17.5 Å². The molecule has 76 valence electrons. The summed E-state index contributed by atoms with van der Waals surface area (Å²) in [6.45, 7) is 4.53. The first-order valence-corrected chi connectivity index (χ1v) is 5.29. The highest BCUT2D eigenvalue weighted by molar-refractivity contribution is 6.32. The largest absolute Gasteiger partial charge is 0.495 e. The molecule has 0 spiro atoms. The molecule has 1 nitrogen and oxygen atoms in total. The second-order valence-corrected chi connectivity index (χ2v) is 4.93. The summed E-state index contributed by atoms with van der Waals surface area (Å²) in [4.78, 5) is 0. The van der Waals surface area contributed by atoms with Gasteiger partial charge in [0.25, 0.3) is 0 Å². The number of benzene rings is 1. The predicted octanol–water partition coefficient (Wildman–Crippen LogP) is 3.57. The van der Waals surface area contributed by atoms with Crippen LogP contribution >= 0.6 is 11.6 Å². The molecule has 0 unspecified atom stereocenters. The van der Waals surface area contributed by atoms with E-state index in [1.807, 2.05) is 0 Å². The first kappa shape index (κ1) is 9.85. The molecule has 0 saturated heterocycles. The lowest BCUT2D eigenvalue weighted by Crippen LogP contribution is -2.11. The molecule has 2 rings (SSSR count). The summed E-state index contributed by atoms with van der Waals surface area (Å²) in [5.74, 6) is 0.795. The third-order valence-electron chi connectivity index (χ3n) is 3.13. The van der Waals surface area contributed by atoms with Gasteiger partial charge in [-0.05, 0) is 41.5 Å². The molecule has 14 heavy (non-hydrogen) atoms. The average molecular weight is 211 g/mol. The lowest BCUT2D eigenvalue weighted by atomic mass is 9.87. The van der Waals surface area contributed by atoms with E-state index in [9.17, 15) is 0 Å². The van der Waals surface area contributed by atoms with Gasteiger partial charge in [0.1, 0.15) is 5.75 Å². The van der Waals surface area contributed by atoms with Crippen LogP contribution < -0.4 is 4.74 Å². The molecule has 0 bridgehead atoms. The zero-order valence-corrected chi connectivity index (χ0v) is 9.61. The summed E-state index contributed by atoms with van der Waals surface area (Å²) in [5, 5.41) is 0.723. The van der Waals surface area contributed by atoms with Gasteiger partial charge in [-0.2, -0.15) is 0 Å². The van der Waals surface area contributed by atoms with E-state index in [2.05, 4.69) is 26.0 Å². The van der Waals surface area contributed by atoms with Gasteiger partial charge in [0.15, 0.2) is 0 Å². The normalized spacial score (nSPS) is 18.0. The number of methoxy groups -OCH3 is 1. The number of hydrogen-bond acceptors (Lipinski definition) is 1.